The molecule has 0 aliphatic heterocycles. The number of rotatable bonds is 4. The summed E-state index contributed by atoms with van der Waals surface area (Å²) in [7, 11) is 0. The van der Waals surface area contributed by atoms with Gasteiger partial charge in [0.15, 0.2) is 0 Å². The van der Waals surface area contributed by atoms with Gasteiger partial charge in [-0.2, -0.15) is 0 Å². The number of hydrogen-bond donors (Lipinski definition) is 2. The minimum Gasteiger partial charge on any atom is -0.394 e. The van der Waals surface area contributed by atoms with Crippen LogP contribution in [-0.2, 0) is 0 Å². The van der Waals surface area contributed by atoms with Gasteiger partial charge < -0.3 is 10.4 Å². The Morgan fingerprint density at radius 1 is 1.56 bits per heavy atom. The van der Waals surface area contributed by atoms with Gasteiger partial charge >= 0.3 is 5.69 Å². The Balaban J connectivity index is 2.62. The van der Waals surface area contributed by atoms with Crippen molar-refractivity contribution >= 4 is 22.4 Å². The molecule has 18 heavy (non-hydrogen) atoms. The molecule has 0 spiro atoms. The topological polar surface area (TPSA) is 101 Å². The molecule has 2 aromatic rings. The summed E-state index contributed by atoms with van der Waals surface area (Å²) < 4.78 is 0. The lowest BCUT2D eigenvalue weighted by atomic mass is 10.2. The number of aromatic nitrogens is 2. The largest absolute Gasteiger partial charge is 0.394 e. The normalized spacial score (nSPS) is 12.3. The highest BCUT2D eigenvalue weighted by Gasteiger charge is 2.20. The number of pyridine rings is 2. The molecule has 0 saturated heterocycles. The van der Waals surface area contributed by atoms with E-state index >= 15 is 0 Å². The van der Waals surface area contributed by atoms with Crippen molar-refractivity contribution in [1.29, 1.82) is 0 Å². The van der Waals surface area contributed by atoms with Crippen molar-refractivity contribution in [1.82, 2.24) is 9.97 Å². The van der Waals surface area contributed by atoms with E-state index in [1.165, 1.54) is 6.20 Å². The van der Waals surface area contributed by atoms with Crippen LogP contribution in [0, 0.1) is 10.1 Å². The maximum absolute atomic E-state index is 11.0. The summed E-state index contributed by atoms with van der Waals surface area (Å²) in [6, 6.07) is 3.12. The minimum atomic E-state index is -0.520. The molecular formula is C11H12N4O3. The summed E-state index contributed by atoms with van der Waals surface area (Å²) in [5.41, 5.74) is 1.12. The fourth-order valence-electron chi connectivity index (χ4n) is 1.58. The molecule has 0 radical (unpaired) electrons. The standard InChI is InChI=1S/C11H12N4O3/c1-7(6-16)14-11-9(15(17)18)5-13-8-3-2-4-12-10(8)11/h2-5,7,16H,6H2,1H3,(H,13,14). The zero-order chi connectivity index (χ0) is 13.1. The lowest BCUT2D eigenvalue weighted by Crippen LogP contribution is -2.20. The van der Waals surface area contributed by atoms with Gasteiger partial charge in [-0.25, -0.2) is 4.98 Å². The van der Waals surface area contributed by atoms with E-state index in [1.54, 1.807) is 25.3 Å². The van der Waals surface area contributed by atoms with Crippen LogP contribution in [0.2, 0.25) is 0 Å². The third-order valence-electron chi connectivity index (χ3n) is 2.47. The zero-order valence-corrected chi connectivity index (χ0v) is 9.70. The maximum Gasteiger partial charge on any atom is 0.312 e. The van der Waals surface area contributed by atoms with Crippen LogP contribution in [0.5, 0.6) is 0 Å². The van der Waals surface area contributed by atoms with Crippen LogP contribution < -0.4 is 5.32 Å². The van der Waals surface area contributed by atoms with Crippen LogP contribution in [0.25, 0.3) is 11.0 Å². The predicted octanol–water partition coefficient (Wildman–Crippen LogP) is 1.33. The fourth-order valence-corrected chi connectivity index (χ4v) is 1.58. The molecule has 0 fully saturated rings. The lowest BCUT2D eigenvalue weighted by Gasteiger charge is -2.13. The third kappa shape index (κ3) is 2.21. The second kappa shape index (κ2) is 4.92. The van der Waals surface area contributed by atoms with E-state index in [0.29, 0.717) is 11.0 Å². The van der Waals surface area contributed by atoms with E-state index in [9.17, 15) is 10.1 Å². The number of nitro groups is 1. The summed E-state index contributed by atoms with van der Waals surface area (Å²) in [4.78, 5) is 18.5. The summed E-state index contributed by atoms with van der Waals surface area (Å²) >= 11 is 0. The van der Waals surface area contributed by atoms with Crippen molar-refractivity contribution in [2.24, 2.45) is 0 Å². The van der Waals surface area contributed by atoms with Crippen LogP contribution in [-0.4, -0.2) is 32.6 Å². The average Bonchev–Trinajstić information content (AvgIpc) is 2.38. The highest BCUT2D eigenvalue weighted by Crippen LogP contribution is 2.30. The molecule has 2 heterocycles. The van der Waals surface area contributed by atoms with E-state index in [0.717, 1.165) is 0 Å². The second-order valence-corrected chi connectivity index (χ2v) is 3.87. The summed E-state index contributed by atoms with van der Waals surface area (Å²) in [5.74, 6) is 0. The predicted molar refractivity (Wildman–Crippen MR) is 66.4 cm³/mol. The Morgan fingerprint density at radius 2 is 2.33 bits per heavy atom. The van der Waals surface area contributed by atoms with E-state index < -0.39 is 4.92 Å². The number of hydrogen-bond acceptors (Lipinski definition) is 6. The molecule has 94 valence electrons. The SMILES string of the molecule is CC(CO)Nc1c([N+](=O)[O-])cnc2cccnc12. The van der Waals surface area contributed by atoms with E-state index in [-0.39, 0.29) is 24.0 Å². The van der Waals surface area contributed by atoms with Crippen LogP contribution in [0.4, 0.5) is 11.4 Å². The molecule has 0 aliphatic rings. The van der Waals surface area contributed by atoms with E-state index in [1.807, 2.05) is 0 Å². The second-order valence-electron chi connectivity index (χ2n) is 3.87. The number of aliphatic hydroxyl groups is 1. The van der Waals surface area contributed by atoms with Gasteiger partial charge in [0.2, 0.25) is 0 Å². The van der Waals surface area contributed by atoms with Gasteiger partial charge in [0.1, 0.15) is 17.4 Å². The first-order valence-electron chi connectivity index (χ1n) is 5.39. The van der Waals surface area contributed by atoms with Gasteiger partial charge in [-0.1, -0.05) is 0 Å². The fraction of sp³-hybridized carbons (Fsp3) is 0.273. The molecule has 2 rings (SSSR count). The first kappa shape index (κ1) is 12.2. The third-order valence-corrected chi connectivity index (χ3v) is 2.47. The molecule has 0 saturated carbocycles. The zero-order valence-electron chi connectivity index (χ0n) is 9.70. The Labute approximate surface area is 103 Å². The summed E-state index contributed by atoms with van der Waals surface area (Å²) in [6.07, 6.45) is 2.74. The molecule has 0 aromatic carbocycles. The molecule has 7 nitrogen and oxygen atoms in total. The van der Waals surface area contributed by atoms with Gasteiger partial charge in [-0.3, -0.25) is 15.1 Å². The molecule has 0 aliphatic carbocycles. The number of nitrogens with zero attached hydrogens (tertiary/aromatic N) is 3. The van der Waals surface area contributed by atoms with Crippen molar-refractivity contribution in [3.8, 4) is 0 Å². The van der Waals surface area contributed by atoms with Gasteiger partial charge in [-0.05, 0) is 19.1 Å². The first-order chi connectivity index (χ1) is 8.63. The number of aliphatic hydroxyl groups excluding tert-OH is 1. The molecule has 2 aromatic heterocycles. The number of nitrogens with one attached hydrogen (secondary N) is 1. The van der Waals surface area contributed by atoms with Gasteiger partial charge in [-0.15, -0.1) is 0 Å². The highest BCUT2D eigenvalue weighted by atomic mass is 16.6. The molecule has 1 unspecified atom stereocenters. The summed E-state index contributed by atoms with van der Waals surface area (Å²) in [6.45, 7) is 1.59. The Hall–Kier alpha value is -2.28. The number of anilines is 1. The Bertz CT molecular complexity index is 588. The monoisotopic (exact) mass is 248 g/mol. The van der Waals surface area contributed by atoms with Crippen LogP contribution >= 0.6 is 0 Å². The Morgan fingerprint density at radius 3 is 3.00 bits per heavy atom. The van der Waals surface area contributed by atoms with Crippen LogP contribution in [0.15, 0.2) is 24.5 Å². The van der Waals surface area contributed by atoms with Crippen LogP contribution in [0.1, 0.15) is 6.92 Å². The molecular weight excluding hydrogens is 236 g/mol. The van der Waals surface area contributed by atoms with Crippen molar-refractivity contribution in [3.05, 3.63) is 34.6 Å². The van der Waals surface area contributed by atoms with Gasteiger partial charge in [0.25, 0.3) is 0 Å². The quantitative estimate of drug-likeness (QED) is 0.625. The molecule has 0 amide bonds. The average molecular weight is 248 g/mol. The smallest absolute Gasteiger partial charge is 0.312 e. The lowest BCUT2D eigenvalue weighted by molar-refractivity contribution is -0.384. The van der Waals surface area contributed by atoms with Gasteiger partial charge in [0.05, 0.1) is 17.0 Å². The molecule has 2 N–H and O–H groups in total. The number of fused-ring (bicyclic) bond motifs is 1. The maximum atomic E-state index is 11.0. The molecule has 7 heteroatoms. The van der Waals surface area contributed by atoms with Gasteiger partial charge in [0, 0.05) is 12.2 Å². The first-order valence-corrected chi connectivity index (χ1v) is 5.39. The summed E-state index contributed by atoms with van der Waals surface area (Å²) in [5, 5.41) is 22.9. The highest BCUT2D eigenvalue weighted by molar-refractivity contribution is 5.92. The van der Waals surface area contributed by atoms with Crippen LogP contribution in [0.3, 0.4) is 0 Å². The van der Waals surface area contributed by atoms with Crippen molar-refractivity contribution in [3.63, 3.8) is 0 Å². The minimum absolute atomic E-state index is 0.131. The molecule has 1 atom stereocenters. The van der Waals surface area contributed by atoms with Crippen molar-refractivity contribution < 1.29 is 10.0 Å². The molecule has 0 bridgehead atoms. The van der Waals surface area contributed by atoms with E-state index in [2.05, 4.69) is 15.3 Å². The van der Waals surface area contributed by atoms with E-state index in [4.69, 9.17) is 5.11 Å². The van der Waals surface area contributed by atoms with Crippen molar-refractivity contribution in [2.75, 3.05) is 11.9 Å². The Kier molecular flexibility index (Phi) is 3.33. The van der Waals surface area contributed by atoms with Crippen molar-refractivity contribution in [2.45, 2.75) is 13.0 Å².